The molecule has 1 saturated carbocycles. The molecule has 0 radical (unpaired) electrons. The highest BCUT2D eigenvalue weighted by Gasteiger charge is 2.33. The number of Topliss-reactive ketones (excluding diaryl/α,β-unsaturated/α-hetero) is 1. The van der Waals surface area contributed by atoms with Crippen LogP contribution in [0.15, 0.2) is 9.59 Å². The highest BCUT2D eigenvalue weighted by Crippen LogP contribution is 2.33. The van der Waals surface area contributed by atoms with Crippen molar-refractivity contribution in [1.82, 2.24) is 18.7 Å². The van der Waals surface area contributed by atoms with E-state index in [1.165, 1.54) is 30.8 Å². The Hall–Kier alpha value is -2.38. The van der Waals surface area contributed by atoms with Crippen molar-refractivity contribution < 1.29 is 4.79 Å². The van der Waals surface area contributed by atoms with Gasteiger partial charge in [-0.05, 0) is 32.6 Å². The van der Waals surface area contributed by atoms with Crippen molar-refractivity contribution in [2.75, 3.05) is 11.4 Å². The third-order valence-electron chi connectivity index (χ3n) is 6.41. The van der Waals surface area contributed by atoms with Crippen LogP contribution in [0.25, 0.3) is 11.2 Å². The number of carbonyl (C=O) groups excluding carboxylic acids is 1. The van der Waals surface area contributed by atoms with Gasteiger partial charge in [-0.2, -0.15) is 4.98 Å². The second kappa shape index (κ2) is 6.90. The van der Waals surface area contributed by atoms with Crippen LogP contribution < -0.4 is 16.1 Å². The molecule has 0 aromatic carbocycles. The van der Waals surface area contributed by atoms with Crippen LogP contribution in [0.2, 0.25) is 0 Å². The maximum atomic E-state index is 13.3. The average molecular weight is 387 g/mol. The molecule has 2 aromatic heterocycles. The predicted molar refractivity (Wildman–Crippen MR) is 108 cm³/mol. The van der Waals surface area contributed by atoms with E-state index in [0.717, 1.165) is 29.9 Å². The maximum absolute atomic E-state index is 13.3. The largest absolute Gasteiger partial charge is 0.339 e. The van der Waals surface area contributed by atoms with E-state index in [2.05, 4.69) is 11.8 Å². The molecule has 1 fully saturated rings. The molecule has 2 aromatic rings. The first kappa shape index (κ1) is 19.0. The summed E-state index contributed by atoms with van der Waals surface area (Å²) in [7, 11) is 1.63. The standard InChI is InChI=1S/C20H29N5O3/c1-12-10-23(15-8-6-5-7-9-15)19-21-17-16(24(19)11-12)18(27)25(13(2)14(3)26)20(28)22(17)4/h12-13,15H,5-11H2,1-4H3/t12-,13+/m1/s1. The van der Waals surface area contributed by atoms with Gasteiger partial charge in [-0.1, -0.05) is 26.2 Å². The quantitative estimate of drug-likeness (QED) is 0.803. The molecule has 1 aliphatic heterocycles. The summed E-state index contributed by atoms with van der Waals surface area (Å²) in [6.07, 6.45) is 5.99. The van der Waals surface area contributed by atoms with Crippen LogP contribution in [0, 0.1) is 5.92 Å². The Morgan fingerprint density at radius 1 is 1.14 bits per heavy atom. The number of nitrogens with zero attached hydrogens (tertiary/aromatic N) is 5. The minimum atomic E-state index is -0.794. The lowest BCUT2D eigenvalue weighted by atomic mass is 9.93. The minimum Gasteiger partial charge on any atom is -0.339 e. The van der Waals surface area contributed by atoms with Gasteiger partial charge in [-0.3, -0.25) is 14.2 Å². The smallest absolute Gasteiger partial charge is 0.333 e. The summed E-state index contributed by atoms with van der Waals surface area (Å²) in [4.78, 5) is 45.1. The van der Waals surface area contributed by atoms with Crippen molar-refractivity contribution >= 4 is 22.9 Å². The molecule has 0 spiro atoms. The molecule has 8 nitrogen and oxygen atoms in total. The molecule has 1 aliphatic carbocycles. The van der Waals surface area contributed by atoms with E-state index in [1.54, 1.807) is 14.0 Å². The van der Waals surface area contributed by atoms with E-state index in [0.29, 0.717) is 29.7 Å². The first-order valence-corrected chi connectivity index (χ1v) is 10.3. The molecule has 0 amide bonds. The Labute approximate surface area is 163 Å². The van der Waals surface area contributed by atoms with E-state index >= 15 is 0 Å². The molecule has 0 bridgehead atoms. The molecule has 152 valence electrons. The van der Waals surface area contributed by atoms with E-state index in [4.69, 9.17) is 4.98 Å². The van der Waals surface area contributed by atoms with Crippen LogP contribution in [0.1, 0.15) is 58.9 Å². The number of carbonyl (C=O) groups is 1. The van der Waals surface area contributed by atoms with Crippen molar-refractivity contribution in [2.24, 2.45) is 13.0 Å². The van der Waals surface area contributed by atoms with Gasteiger partial charge in [-0.25, -0.2) is 9.36 Å². The summed E-state index contributed by atoms with van der Waals surface area (Å²) in [5.41, 5.74) is -0.0744. The first-order valence-electron chi connectivity index (χ1n) is 10.3. The number of aryl methyl sites for hydroxylation is 1. The third kappa shape index (κ3) is 2.81. The molecular formula is C20H29N5O3. The molecule has 8 heteroatoms. The zero-order chi connectivity index (χ0) is 20.2. The molecule has 0 unspecified atom stereocenters. The Balaban J connectivity index is 1.96. The fraction of sp³-hybridized carbons (Fsp3) is 0.700. The van der Waals surface area contributed by atoms with Gasteiger partial charge in [0.15, 0.2) is 16.9 Å². The molecule has 4 rings (SSSR count). The monoisotopic (exact) mass is 387 g/mol. The summed E-state index contributed by atoms with van der Waals surface area (Å²) in [5.74, 6) is 0.955. The number of imidazole rings is 1. The van der Waals surface area contributed by atoms with Gasteiger partial charge >= 0.3 is 5.69 Å². The lowest BCUT2D eigenvalue weighted by Gasteiger charge is -2.40. The number of rotatable bonds is 3. The number of fused-ring (bicyclic) bond motifs is 3. The van der Waals surface area contributed by atoms with Crippen molar-refractivity contribution in [3.05, 3.63) is 20.8 Å². The van der Waals surface area contributed by atoms with Crippen molar-refractivity contribution in [1.29, 1.82) is 0 Å². The highest BCUT2D eigenvalue weighted by molar-refractivity contribution is 5.80. The third-order valence-corrected chi connectivity index (χ3v) is 6.41. The number of anilines is 1. The first-order chi connectivity index (χ1) is 13.3. The maximum Gasteiger partial charge on any atom is 0.333 e. The Bertz CT molecular complexity index is 1040. The zero-order valence-corrected chi connectivity index (χ0v) is 17.1. The second-order valence-electron chi connectivity index (χ2n) is 8.55. The van der Waals surface area contributed by atoms with Gasteiger partial charge < -0.3 is 9.47 Å². The van der Waals surface area contributed by atoms with E-state index in [-0.39, 0.29) is 5.78 Å². The van der Waals surface area contributed by atoms with Crippen LogP contribution in [-0.4, -0.2) is 37.1 Å². The number of hydrogen-bond donors (Lipinski definition) is 0. The highest BCUT2D eigenvalue weighted by atomic mass is 16.2. The second-order valence-corrected chi connectivity index (χ2v) is 8.55. The lowest BCUT2D eigenvalue weighted by molar-refractivity contribution is -0.119. The van der Waals surface area contributed by atoms with Gasteiger partial charge in [-0.15, -0.1) is 0 Å². The fourth-order valence-corrected chi connectivity index (χ4v) is 4.73. The minimum absolute atomic E-state index is 0.214. The van der Waals surface area contributed by atoms with E-state index in [9.17, 15) is 14.4 Å². The van der Waals surface area contributed by atoms with Crippen LogP contribution in [0.5, 0.6) is 0 Å². The SMILES string of the molecule is CC(=O)[C@H](C)n1c(=O)c2c(nc3n2C[C@H](C)CN3C2CCCCC2)n(C)c1=O. The fourth-order valence-electron chi connectivity index (χ4n) is 4.73. The Kier molecular flexibility index (Phi) is 4.67. The molecule has 28 heavy (non-hydrogen) atoms. The summed E-state index contributed by atoms with van der Waals surface area (Å²) >= 11 is 0. The van der Waals surface area contributed by atoms with Crippen LogP contribution in [0.3, 0.4) is 0 Å². The van der Waals surface area contributed by atoms with Gasteiger partial charge in [0.05, 0.1) is 6.04 Å². The van der Waals surface area contributed by atoms with Crippen molar-refractivity contribution in [3.8, 4) is 0 Å². The molecule has 3 heterocycles. The summed E-state index contributed by atoms with van der Waals surface area (Å²) in [5, 5.41) is 0. The number of hydrogen-bond acceptors (Lipinski definition) is 5. The van der Waals surface area contributed by atoms with Gasteiger partial charge in [0.1, 0.15) is 0 Å². The molecule has 2 aliphatic rings. The molecule has 2 atom stereocenters. The Morgan fingerprint density at radius 3 is 2.46 bits per heavy atom. The van der Waals surface area contributed by atoms with E-state index in [1.807, 2.05) is 4.57 Å². The Morgan fingerprint density at radius 2 is 1.82 bits per heavy atom. The molecule has 0 saturated heterocycles. The lowest BCUT2D eigenvalue weighted by Crippen LogP contribution is -2.46. The normalized spacial score (nSPS) is 21.7. The topological polar surface area (TPSA) is 82.1 Å². The number of aromatic nitrogens is 4. The summed E-state index contributed by atoms with van der Waals surface area (Å²) in [6, 6.07) is -0.361. The van der Waals surface area contributed by atoms with Gasteiger partial charge in [0.25, 0.3) is 5.56 Å². The zero-order valence-electron chi connectivity index (χ0n) is 17.1. The van der Waals surface area contributed by atoms with Gasteiger partial charge in [0, 0.05) is 26.2 Å². The van der Waals surface area contributed by atoms with Crippen LogP contribution in [0.4, 0.5) is 5.95 Å². The van der Waals surface area contributed by atoms with Crippen LogP contribution >= 0.6 is 0 Å². The number of ketones is 1. The van der Waals surface area contributed by atoms with E-state index < -0.39 is 17.3 Å². The van der Waals surface area contributed by atoms with Gasteiger partial charge in [0.2, 0.25) is 5.95 Å². The molecule has 0 N–H and O–H groups in total. The predicted octanol–water partition coefficient (Wildman–Crippen LogP) is 1.84. The van der Waals surface area contributed by atoms with Crippen LogP contribution in [-0.2, 0) is 18.4 Å². The summed E-state index contributed by atoms with van der Waals surface area (Å²) in [6.45, 7) is 6.79. The van der Waals surface area contributed by atoms with Crippen molar-refractivity contribution in [2.45, 2.75) is 71.5 Å². The van der Waals surface area contributed by atoms with Crippen molar-refractivity contribution in [3.63, 3.8) is 0 Å². The average Bonchev–Trinajstić information content (AvgIpc) is 3.06. The molecular weight excluding hydrogens is 358 g/mol. The summed E-state index contributed by atoms with van der Waals surface area (Å²) < 4.78 is 4.46.